The Morgan fingerprint density at radius 3 is 2.52 bits per heavy atom. The fourth-order valence-corrected chi connectivity index (χ4v) is 5.94. The molecule has 174 valence electrons. The van der Waals surface area contributed by atoms with Crippen LogP contribution in [0.2, 0.25) is 0 Å². The van der Waals surface area contributed by atoms with Gasteiger partial charge in [0.15, 0.2) is 0 Å². The summed E-state index contributed by atoms with van der Waals surface area (Å²) < 4.78 is 0. The van der Waals surface area contributed by atoms with Gasteiger partial charge in [0.2, 0.25) is 5.91 Å². The van der Waals surface area contributed by atoms with E-state index in [-0.39, 0.29) is 11.8 Å². The molecule has 2 aliphatic heterocycles. The predicted molar refractivity (Wildman–Crippen MR) is 138 cm³/mol. The van der Waals surface area contributed by atoms with Crippen LogP contribution in [0.5, 0.6) is 0 Å². The van der Waals surface area contributed by atoms with E-state index in [1.54, 1.807) is 0 Å². The number of amides is 1. The van der Waals surface area contributed by atoms with Crippen molar-refractivity contribution in [1.82, 2.24) is 9.80 Å². The number of benzene rings is 1. The van der Waals surface area contributed by atoms with E-state index < -0.39 is 0 Å². The molecule has 2 heterocycles. The van der Waals surface area contributed by atoms with Gasteiger partial charge in [-0.15, -0.1) is 5.73 Å². The normalized spacial score (nSPS) is 19.0. The standard InChI is InChI=1S/C27H34N3O2P/c1-5-19(3)28-11-13-29(14-12-28)26-10-9-22(18-33-26)23-15-24(17-31)20(4)25(16-23)30(6-2)27(32)21-7-8-21/h9-10,15-17,21,33H,1,6-8,11-14,18H2,2-4H3. The Balaban J connectivity index is 1.56. The zero-order valence-electron chi connectivity index (χ0n) is 20.0. The lowest BCUT2D eigenvalue weighted by molar-refractivity contribution is -0.119. The van der Waals surface area contributed by atoms with Gasteiger partial charge < -0.3 is 14.7 Å². The number of allylic oxidation sites excluding steroid dienone is 4. The number of hydrogen-bond donors (Lipinski definition) is 0. The van der Waals surface area contributed by atoms with Gasteiger partial charge in [0.05, 0.1) is 5.70 Å². The lowest BCUT2D eigenvalue weighted by Crippen LogP contribution is -2.44. The zero-order chi connectivity index (χ0) is 23.5. The van der Waals surface area contributed by atoms with E-state index in [1.165, 1.54) is 11.0 Å². The highest BCUT2D eigenvalue weighted by molar-refractivity contribution is 7.43. The third kappa shape index (κ3) is 5.00. The maximum absolute atomic E-state index is 12.9. The number of carbonyl (C=O) groups is 2. The van der Waals surface area contributed by atoms with E-state index in [4.69, 9.17) is 0 Å². The molecule has 0 aromatic heterocycles. The van der Waals surface area contributed by atoms with Crippen molar-refractivity contribution >= 4 is 32.0 Å². The number of nitrogens with zero attached hydrogens (tertiary/aromatic N) is 3. The van der Waals surface area contributed by atoms with Crippen molar-refractivity contribution in [2.24, 2.45) is 5.92 Å². The largest absolute Gasteiger partial charge is 0.368 e. The molecule has 0 radical (unpaired) electrons. The highest BCUT2D eigenvalue weighted by atomic mass is 31.1. The third-order valence-corrected chi connectivity index (χ3v) is 8.37. The van der Waals surface area contributed by atoms with Crippen molar-refractivity contribution in [3.05, 3.63) is 64.4 Å². The van der Waals surface area contributed by atoms with E-state index in [2.05, 4.69) is 47.3 Å². The SMILES string of the molecule is C=C=C(C)N1CCN(C2=CC=C(c3cc(C=O)c(C)c(N(CC)C(=O)C4CC4)c3)CP2)CC1. The van der Waals surface area contributed by atoms with Crippen LogP contribution in [0.3, 0.4) is 0 Å². The van der Waals surface area contributed by atoms with E-state index in [1.807, 2.05) is 24.8 Å². The molecule has 1 aliphatic carbocycles. The summed E-state index contributed by atoms with van der Waals surface area (Å²) in [7, 11) is 0.701. The lowest BCUT2D eigenvalue weighted by Gasteiger charge is -2.39. The van der Waals surface area contributed by atoms with Gasteiger partial charge in [-0.05, 0) is 74.7 Å². The molecule has 1 unspecified atom stereocenters. The Bertz CT molecular complexity index is 1060. The molecular weight excluding hydrogens is 429 g/mol. The van der Waals surface area contributed by atoms with Crippen molar-refractivity contribution in [1.29, 1.82) is 0 Å². The van der Waals surface area contributed by atoms with Crippen LogP contribution in [-0.4, -0.2) is 60.9 Å². The second kappa shape index (κ2) is 10.1. The molecule has 1 saturated heterocycles. The third-order valence-electron chi connectivity index (χ3n) is 6.97. The monoisotopic (exact) mass is 463 g/mol. The van der Waals surface area contributed by atoms with Crippen molar-refractivity contribution < 1.29 is 9.59 Å². The lowest BCUT2D eigenvalue weighted by atomic mass is 9.97. The summed E-state index contributed by atoms with van der Waals surface area (Å²) in [6, 6.07) is 4.10. The summed E-state index contributed by atoms with van der Waals surface area (Å²) in [5.41, 5.74) is 10.3. The molecule has 0 bridgehead atoms. The minimum absolute atomic E-state index is 0.153. The number of aldehydes is 1. The number of anilines is 1. The van der Waals surface area contributed by atoms with Crippen LogP contribution in [0.1, 0.15) is 48.2 Å². The Morgan fingerprint density at radius 1 is 1.24 bits per heavy atom. The van der Waals surface area contributed by atoms with Crippen molar-refractivity contribution in [2.75, 3.05) is 43.8 Å². The molecule has 3 aliphatic rings. The Kier molecular flexibility index (Phi) is 7.22. The maximum Gasteiger partial charge on any atom is 0.230 e. The predicted octanol–water partition coefficient (Wildman–Crippen LogP) is 4.79. The van der Waals surface area contributed by atoms with Crippen LogP contribution in [0.25, 0.3) is 5.57 Å². The molecule has 6 heteroatoms. The summed E-state index contributed by atoms with van der Waals surface area (Å²) >= 11 is 0. The molecule has 1 aromatic carbocycles. The Hall–Kier alpha value is -2.61. The molecular formula is C27H34N3O2P. The van der Waals surface area contributed by atoms with Crippen LogP contribution in [0.15, 0.2) is 47.7 Å². The molecule has 1 atom stereocenters. The van der Waals surface area contributed by atoms with Crippen LogP contribution < -0.4 is 4.90 Å². The van der Waals surface area contributed by atoms with Crippen LogP contribution in [-0.2, 0) is 4.79 Å². The second-order valence-electron chi connectivity index (χ2n) is 9.02. The van der Waals surface area contributed by atoms with Crippen molar-refractivity contribution in [3.63, 3.8) is 0 Å². The summed E-state index contributed by atoms with van der Waals surface area (Å²) in [6.45, 7) is 14.4. The van der Waals surface area contributed by atoms with Gasteiger partial charge >= 0.3 is 0 Å². The van der Waals surface area contributed by atoms with Crippen LogP contribution in [0.4, 0.5) is 5.69 Å². The number of hydrogen-bond acceptors (Lipinski definition) is 4. The molecule has 1 saturated carbocycles. The quantitative estimate of drug-likeness (QED) is 0.331. The molecule has 5 nitrogen and oxygen atoms in total. The van der Waals surface area contributed by atoms with Crippen LogP contribution in [0, 0.1) is 12.8 Å². The fourth-order valence-electron chi connectivity index (χ4n) is 4.60. The molecule has 2 fully saturated rings. The summed E-state index contributed by atoms with van der Waals surface area (Å²) in [6.07, 6.45) is 8.29. The first-order valence-corrected chi connectivity index (χ1v) is 13.1. The van der Waals surface area contributed by atoms with E-state index in [0.717, 1.165) is 74.0 Å². The molecule has 33 heavy (non-hydrogen) atoms. The summed E-state index contributed by atoms with van der Waals surface area (Å²) in [5, 5.41) is 0. The second-order valence-corrected chi connectivity index (χ2v) is 10.2. The van der Waals surface area contributed by atoms with Crippen molar-refractivity contribution in [3.8, 4) is 0 Å². The minimum Gasteiger partial charge on any atom is -0.368 e. The first kappa shape index (κ1) is 23.5. The Labute approximate surface area is 199 Å². The topological polar surface area (TPSA) is 43.9 Å². The zero-order valence-corrected chi connectivity index (χ0v) is 21.0. The molecule has 0 spiro atoms. The average Bonchev–Trinajstić information content (AvgIpc) is 3.71. The number of piperazine rings is 1. The van der Waals surface area contributed by atoms with Gasteiger partial charge in [0.1, 0.15) is 6.29 Å². The molecule has 1 amide bonds. The Morgan fingerprint density at radius 2 is 1.97 bits per heavy atom. The first-order valence-electron chi connectivity index (χ1n) is 11.9. The molecule has 0 N–H and O–H groups in total. The molecule has 4 rings (SSSR count). The van der Waals surface area contributed by atoms with Gasteiger partial charge in [-0.3, -0.25) is 9.59 Å². The smallest absolute Gasteiger partial charge is 0.230 e. The van der Waals surface area contributed by atoms with E-state index >= 15 is 0 Å². The molecule has 1 aromatic rings. The van der Waals surface area contributed by atoms with E-state index in [9.17, 15) is 9.59 Å². The van der Waals surface area contributed by atoms with Gasteiger partial charge in [-0.25, -0.2) is 0 Å². The highest BCUT2D eigenvalue weighted by Crippen LogP contribution is 2.40. The fraction of sp³-hybridized carbons (Fsp3) is 0.444. The summed E-state index contributed by atoms with van der Waals surface area (Å²) in [4.78, 5) is 31.4. The van der Waals surface area contributed by atoms with Gasteiger partial charge in [-0.1, -0.05) is 21.2 Å². The van der Waals surface area contributed by atoms with Gasteiger partial charge in [0.25, 0.3) is 0 Å². The van der Waals surface area contributed by atoms with Crippen molar-refractivity contribution in [2.45, 2.75) is 33.6 Å². The van der Waals surface area contributed by atoms with E-state index in [0.29, 0.717) is 20.7 Å². The first-order chi connectivity index (χ1) is 16.0. The summed E-state index contributed by atoms with van der Waals surface area (Å²) in [5.74, 6) is 0.344. The van der Waals surface area contributed by atoms with Crippen LogP contribution >= 0.6 is 8.58 Å². The average molecular weight is 464 g/mol. The number of rotatable bonds is 7. The van der Waals surface area contributed by atoms with Gasteiger partial charge in [0, 0.05) is 55.3 Å². The number of carbonyl (C=O) groups excluding carboxylic acids is 2. The minimum atomic E-state index is 0.153. The van der Waals surface area contributed by atoms with Gasteiger partial charge in [-0.2, -0.15) is 0 Å². The highest BCUT2D eigenvalue weighted by Gasteiger charge is 2.34. The maximum atomic E-state index is 12.9.